The summed E-state index contributed by atoms with van der Waals surface area (Å²) >= 11 is 5.98. The van der Waals surface area contributed by atoms with Crippen molar-refractivity contribution in [2.75, 3.05) is 44.7 Å². The summed E-state index contributed by atoms with van der Waals surface area (Å²) in [5.41, 5.74) is 9.84. The zero-order valence-corrected chi connectivity index (χ0v) is 30.5. The summed E-state index contributed by atoms with van der Waals surface area (Å²) in [7, 11) is 1.86. The number of carbonyl (C=O) groups is 1. The number of benzene rings is 3. The molecule has 6 rings (SSSR count). The van der Waals surface area contributed by atoms with Crippen molar-refractivity contribution in [3.05, 3.63) is 87.7 Å². The van der Waals surface area contributed by atoms with E-state index in [2.05, 4.69) is 45.9 Å². The maximum absolute atomic E-state index is 14.8. The molecule has 10 heteroatoms. The lowest BCUT2D eigenvalue weighted by Crippen LogP contribution is -2.44. The molecule has 3 aromatic rings. The lowest BCUT2D eigenvalue weighted by atomic mass is 9.88. The Balaban J connectivity index is 0.000000859. The van der Waals surface area contributed by atoms with Crippen molar-refractivity contribution in [2.45, 2.75) is 77.2 Å². The summed E-state index contributed by atoms with van der Waals surface area (Å²) in [6.45, 7) is 9.49. The van der Waals surface area contributed by atoms with Gasteiger partial charge >= 0.3 is 0 Å². The van der Waals surface area contributed by atoms with Crippen LogP contribution in [0.5, 0.6) is 11.5 Å². The first-order valence-electron chi connectivity index (χ1n) is 17.4. The van der Waals surface area contributed by atoms with E-state index in [1.165, 1.54) is 38.1 Å². The topological polar surface area (TPSA) is 92.4 Å². The molecule has 0 amide bonds. The van der Waals surface area contributed by atoms with Crippen LogP contribution in [0.15, 0.2) is 59.6 Å². The zero-order chi connectivity index (χ0) is 36.3. The molecule has 3 aromatic carbocycles. The second-order valence-electron chi connectivity index (χ2n) is 13.1. The zero-order valence-electron chi connectivity index (χ0n) is 29.8. The number of piperidine rings is 1. The van der Waals surface area contributed by atoms with Crippen molar-refractivity contribution in [1.29, 1.82) is 0 Å². The first-order valence-corrected chi connectivity index (χ1v) is 17.8. The standard InChI is InChI=1S/C34H41ClFN5O3.C4H8.C2H2/c1-22-8-9-25(23(2)42)18-30(22)41(20-32(38-4)39-21-37)17-16-40-14-12-24(13-15-40)27-6-5-7-31-33(27)44-34(3,43-31)28-11-10-26(35)19-29(28)36;1-2-4-3-1;1-2/h5-11,18-19,21,24,32,38H,12-17,20H2,1-4H3,(H2,37,39);1-4H2;1-2H. The molecular weight excluding hydrogens is 653 g/mol. The van der Waals surface area contributed by atoms with Crippen molar-refractivity contribution >= 4 is 29.4 Å². The van der Waals surface area contributed by atoms with Crippen LogP contribution in [-0.4, -0.2) is 63.0 Å². The molecule has 0 radical (unpaired) electrons. The number of aliphatic imine (C=N–C) groups is 1. The van der Waals surface area contributed by atoms with E-state index in [1.807, 2.05) is 37.4 Å². The third-order valence-electron chi connectivity index (χ3n) is 9.69. The molecule has 1 saturated carbocycles. The van der Waals surface area contributed by atoms with Crippen molar-refractivity contribution in [3.8, 4) is 24.3 Å². The average molecular weight is 704 g/mol. The normalized spacial score (nSPS) is 19.0. The molecule has 50 heavy (non-hydrogen) atoms. The Morgan fingerprint density at radius 2 is 1.84 bits per heavy atom. The van der Waals surface area contributed by atoms with E-state index in [-0.39, 0.29) is 11.9 Å². The van der Waals surface area contributed by atoms with Gasteiger partial charge in [-0.2, -0.15) is 0 Å². The van der Waals surface area contributed by atoms with Gasteiger partial charge in [0.15, 0.2) is 17.3 Å². The number of ether oxygens (including phenoxy) is 2. The Morgan fingerprint density at radius 3 is 2.44 bits per heavy atom. The highest BCUT2D eigenvalue weighted by Gasteiger charge is 2.43. The van der Waals surface area contributed by atoms with Gasteiger partial charge in [0.25, 0.3) is 5.79 Å². The van der Waals surface area contributed by atoms with Gasteiger partial charge in [0.05, 0.1) is 18.4 Å². The quantitative estimate of drug-likeness (QED) is 0.0917. The maximum Gasteiger partial charge on any atom is 0.278 e. The number of fused-ring (bicyclic) bond motifs is 1. The van der Waals surface area contributed by atoms with E-state index in [9.17, 15) is 9.18 Å². The minimum atomic E-state index is -1.27. The number of anilines is 1. The van der Waals surface area contributed by atoms with E-state index in [0.29, 0.717) is 40.1 Å². The van der Waals surface area contributed by atoms with E-state index < -0.39 is 11.6 Å². The van der Waals surface area contributed by atoms with E-state index in [1.54, 1.807) is 26.0 Å². The minimum absolute atomic E-state index is 0.0406. The second-order valence-corrected chi connectivity index (χ2v) is 13.5. The number of nitrogens with zero attached hydrogens (tertiary/aromatic N) is 3. The number of ketones is 1. The summed E-state index contributed by atoms with van der Waals surface area (Å²) in [5.74, 6) is -0.0861. The Hall–Kier alpha value is -4.10. The molecule has 0 aromatic heterocycles. The lowest BCUT2D eigenvalue weighted by Gasteiger charge is -2.35. The highest BCUT2D eigenvalue weighted by Crippen LogP contribution is 2.49. The van der Waals surface area contributed by atoms with Gasteiger partial charge in [-0.15, -0.1) is 12.8 Å². The van der Waals surface area contributed by atoms with Crippen molar-refractivity contribution < 1.29 is 18.7 Å². The molecule has 1 aliphatic carbocycles. The van der Waals surface area contributed by atoms with Crippen LogP contribution >= 0.6 is 11.6 Å². The fraction of sp³-hybridized carbons (Fsp3) is 0.450. The molecule has 268 valence electrons. The van der Waals surface area contributed by atoms with Crippen LogP contribution in [0, 0.1) is 25.6 Å². The van der Waals surface area contributed by atoms with Gasteiger partial charge < -0.3 is 25.0 Å². The van der Waals surface area contributed by atoms with E-state index in [0.717, 1.165) is 55.8 Å². The molecule has 2 unspecified atom stereocenters. The number of aryl methyl sites for hydroxylation is 1. The molecule has 3 N–H and O–H groups in total. The van der Waals surface area contributed by atoms with Crippen LogP contribution in [0.3, 0.4) is 0 Å². The molecular formula is C40H51ClFN5O3. The number of Topliss-reactive ketones (excluding diaryl/α,β-unsaturated/α-hetero) is 1. The summed E-state index contributed by atoms with van der Waals surface area (Å²) in [6, 6.07) is 16.3. The molecule has 1 saturated heterocycles. The van der Waals surface area contributed by atoms with Crippen LogP contribution in [-0.2, 0) is 5.79 Å². The fourth-order valence-electron chi connectivity index (χ4n) is 6.42. The molecule has 0 spiro atoms. The number of para-hydroxylation sites is 1. The first-order chi connectivity index (χ1) is 24.1. The van der Waals surface area contributed by atoms with Gasteiger partial charge in [0.1, 0.15) is 12.0 Å². The number of halogens is 2. The number of nitrogens with one attached hydrogen (secondary N) is 1. The summed E-state index contributed by atoms with van der Waals surface area (Å²) < 4.78 is 27.4. The van der Waals surface area contributed by atoms with Gasteiger partial charge in [-0.3, -0.25) is 15.1 Å². The molecule has 2 heterocycles. The number of likely N-dealkylation sites (N-methyl/N-ethyl adjacent to an activating group) is 1. The first kappa shape index (κ1) is 38.7. The van der Waals surface area contributed by atoms with Crippen molar-refractivity contribution in [1.82, 2.24) is 10.2 Å². The predicted octanol–water partition coefficient (Wildman–Crippen LogP) is 7.66. The largest absolute Gasteiger partial charge is 0.444 e. The third kappa shape index (κ3) is 9.57. The van der Waals surface area contributed by atoms with Crippen LogP contribution in [0.1, 0.15) is 85.3 Å². The average Bonchev–Trinajstić information content (AvgIpc) is 3.44. The summed E-state index contributed by atoms with van der Waals surface area (Å²) in [4.78, 5) is 21.3. The summed E-state index contributed by atoms with van der Waals surface area (Å²) in [6.07, 6.45) is 17.1. The van der Waals surface area contributed by atoms with Gasteiger partial charge in [0, 0.05) is 41.9 Å². The minimum Gasteiger partial charge on any atom is -0.444 e. The van der Waals surface area contributed by atoms with Gasteiger partial charge in [0.2, 0.25) is 0 Å². The predicted molar refractivity (Wildman–Crippen MR) is 202 cm³/mol. The van der Waals surface area contributed by atoms with Crippen LogP contribution in [0.25, 0.3) is 0 Å². The van der Waals surface area contributed by atoms with Crippen molar-refractivity contribution in [2.24, 2.45) is 10.7 Å². The molecule has 3 aliphatic rings. The molecule has 2 aliphatic heterocycles. The van der Waals surface area contributed by atoms with Gasteiger partial charge in [-0.1, -0.05) is 61.5 Å². The number of likely N-dealkylation sites (tertiary alicyclic amines) is 1. The molecule has 2 fully saturated rings. The maximum atomic E-state index is 14.8. The van der Waals surface area contributed by atoms with Gasteiger partial charge in [-0.05, 0) is 88.6 Å². The van der Waals surface area contributed by atoms with Crippen LogP contribution < -0.4 is 25.4 Å². The Bertz CT molecular complexity index is 1630. The second kappa shape index (κ2) is 18.2. The van der Waals surface area contributed by atoms with E-state index in [4.69, 9.17) is 26.8 Å². The fourth-order valence-corrected chi connectivity index (χ4v) is 6.58. The number of carbonyl (C=O) groups excluding carboxylic acids is 1. The number of terminal acetylenes is 1. The Morgan fingerprint density at radius 1 is 1.14 bits per heavy atom. The number of hydrogen-bond acceptors (Lipinski definition) is 7. The number of hydrogen-bond donors (Lipinski definition) is 2. The highest BCUT2D eigenvalue weighted by atomic mass is 35.5. The smallest absolute Gasteiger partial charge is 0.278 e. The van der Waals surface area contributed by atoms with Crippen LogP contribution in [0.4, 0.5) is 10.1 Å². The molecule has 8 nitrogen and oxygen atoms in total. The molecule has 2 atom stereocenters. The summed E-state index contributed by atoms with van der Waals surface area (Å²) in [5, 5.41) is 3.54. The Labute approximate surface area is 302 Å². The van der Waals surface area contributed by atoms with Crippen LogP contribution in [0.2, 0.25) is 5.02 Å². The number of rotatable bonds is 11. The monoisotopic (exact) mass is 703 g/mol. The molecule has 0 bridgehead atoms. The SMILES string of the molecule is C#C.C1CCC1.CNC(CN(CCN1CCC(c2cccc3c2OC(C)(c2ccc(Cl)cc2F)O3)CC1)c1cc(C(C)=O)ccc1C)/N=C\N. The number of nitrogens with two attached hydrogens (primary N) is 1. The van der Waals surface area contributed by atoms with Crippen molar-refractivity contribution in [3.63, 3.8) is 0 Å². The highest BCUT2D eigenvalue weighted by molar-refractivity contribution is 6.30. The van der Waals surface area contributed by atoms with Gasteiger partial charge in [-0.25, -0.2) is 4.39 Å². The van der Waals surface area contributed by atoms with E-state index >= 15 is 0 Å². The third-order valence-corrected chi connectivity index (χ3v) is 9.93. The lowest BCUT2D eigenvalue weighted by molar-refractivity contribution is -0.0712. The Kier molecular flexibility index (Phi) is 14.1.